The van der Waals surface area contributed by atoms with E-state index in [2.05, 4.69) is 0 Å². The molecule has 0 aliphatic carbocycles. The number of halogens is 1. The highest BCUT2D eigenvalue weighted by Crippen LogP contribution is 2.28. The Morgan fingerprint density at radius 1 is 1.14 bits per heavy atom. The van der Waals surface area contributed by atoms with E-state index in [4.69, 9.17) is 27.8 Å². The lowest BCUT2D eigenvalue weighted by Crippen LogP contribution is -2.14. The number of hydrogen-bond acceptors (Lipinski definition) is 4. The maximum atomic E-state index is 12.6. The van der Waals surface area contributed by atoms with Gasteiger partial charge in [-0.05, 0) is 42.8 Å². The molecule has 0 atom stereocenters. The Hall–Kier alpha value is -2.53. The van der Waals surface area contributed by atoms with Gasteiger partial charge in [0.25, 0.3) is 0 Å². The zero-order valence-corrected chi connectivity index (χ0v) is 12.9. The lowest BCUT2D eigenvalue weighted by molar-refractivity contribution is 0.0996. The molecule has 0 heterocycles. The van der Waals surface area contributed by atoms with Crippen molar-refractivity contribution in [3.8, 4) is 5.75 Å². The summed E-state index contributed by atoms with van der Waals surface area (Å²) in [7, 11) is 1.50. The molecule has 0 aliphatic heterocycles. The molecule has 6 heteroatoms. The van der Waals surface area contributed by atoms with E-state index in [1.807, 2.05) is 0 Å². The number of ether oxygens (including phenoxy) is 1. The summed E-state index contributed by atoms with van der Waals surface area (Å²) in [6.45, 7) is 1.64. The van der Waals surface area contributed by atoms with Gasteiger partial charge in [-0.15, -0.1) is 0 Å². The van der Waals surface area contributed by atoms with Crippen molar-refractivity contribution < 1.29 is 14.3 Å². The summed E-state index contributed by atoms with van der Waals surface area (Å²) in [5.41, 5.74) is 12.9. The number of carbonyl (C=O) groups excluding carboxylic acids is 2. The van der Waals surface area contributed by atoms with Crippen molar-refractivity contribution in [2.75, 3.05) is 12.8 Å². The van der Waals surface area contributed by atoms with E-state index in [1.165, 1.54) is 25.3 Å². The fourth-order valence-electron chi connectivity index (χ4n) is 2.16. The first kappa shape index (κ1) is 15.9. The van der Waals surface area contributed by atoms with Gasteiger partial charge in [-0.1, -0.05) is 11.6 Å². The first-order valence-corrected chi connectivity index (χ1v) is 6.81. The second-order valence-electron chi connectivity index (χ2n) is 4.75. The predicted octanol–water partition coefficient (Wildman–Crippen LogP) is 2.57. The van der Waals surface area contributed by atoms with Crippen molar-refractivity contribution in [3.05, 3.63) is 57.6 Å². The predicted molar refractivity (Wildman–Crippen MR) is 85.5 cm³/mol. The van der Waals surface area contributed by atoms with E-state index in [0.717, 1.165) is 0 Å². The van der Waals surface area contributed by atoms with Crippen molar-refractivity contribution in [3.63, 3.8) is 0 Å². The van der Waals surface area contributed by atoms with Crippen LogP contribution in [-0.4, -0.2) is 18.8 Å². The molecule has 0 unspecified atom stereocenters. The fraction of sp³-hybridized carbons (Fsp3) is 0.125. The smallest absolute Gasteiger partial charge is 0.249 e. The molecule has 0 bridgehead atoms. The molecule has 0 radical (unpaired) electrons. The first-order valence-electron chi connectivity index (χ1n) is 6.44. The maximum absolute atomic E-state index is 12.6. The standard InChI is InChI=1S/C16H15ClN2O3/c1-8-10(16(19)21)4-5-11(14(8)17)15(20)9-3-6-13(22-2)12(18)7-9/h3-7H,18H2,1-2H3,(H2,19,21). The van der Waals surface area contributed by atoms with Crippen molar-refractivity contribution >= 4 is 29.0 Å². The van der Waals surface area contributed by atoms with Crippen LogP contribution in [0.2, 0.25) is 5.02 Å². The van der Waals surface area contributed by atoms with Crippen LogP contribution in [0.1, 0.15) is 31.8 Å². The van der Waals surface area contributed by atoms with Gasteiger partial charge in [-0.2, -0.15) is 0 Å². The van der Waals surface area contributed by atoms with E-state index in [-0.39, 0.29) is 21.9 Å². The minimum Gasteiger partial charge on any atom is -0.495 e. The molecule has 0 aliphatic rings. The zero-order valence-electron chi connectivity index (χ0n) is 12.1. The van der Waals surface area contributed by atoms with Crippen LogP contribution in [0.15, 0.2) is 30.3 Å². The highest BCUT2D eigenvalue weighted by molar-refractivity contribution is 6.36. The number of nitrogen functional groups attached to an aromatic ring is 1. The van der Waals surface area contributed by atoms with Crippen LogP contribution in [0, 0.1) is 6.92 Å². The van der Waals surface area contributed by atoms with Crippen LogP contribution in [0.5, 0.6) is 5.75 Å². The van der Waals surface area contributed by atoms with Crippen molar-refractivity contribution in [1.29, 1.82) is 0 Å². The third-order valence-electron chi connectivity index (χ3n) is 3.39. The third-order valence-corrected chi connectivity index (χ3v) is 3.88. The van der Waals surface area contributed by atoms with Gasteiger partial charge in [-0.3, -0.25) is 9.59 Å². The van der Waals surface area contributed by atoms with Gasteiger partial charge in [-0.25, -0.2) is 0 Å². The molecule has 0 saturated carbocycles. The number of carbonyl (C=O) groups is 2. The van der Waals surface area contributed by atoms with Gasteiger partial charge < -0.3 is 16.2 Å². The first-order chi connectivity index (χ1) is 10.4. The summed E-state index contributed by atoms with van der Waals surface area (Å²) in [6, 6.07) is 7.71. The van der Waals surface area contributed by atoms with E-state index in [9.17, 15) is 9.59 Å². The number of methoxy groups -OCH3 is 1. The van der Waals surface area contributed by atoms with E-state index >= 15 is 0 Å². The van der Waals surface area contributed by atoms with E-state index < -0.39 is 5.91 Å². The highest BCUT2D eigenvalue weighted by Gasteiger charge is 2.18. The number of benzene rings is 2. The van der Waals surface area contributed by atoms with Crippen LogP contribution in [0.4, 0.5) is 5.69 Å². The van der Waals surface area contributed by atoms with Crippen LogP contribution >= 0.6 is 11.6 Å². The molecule has 2 aromatic rings. The average Bonchev–Trinajstić information content (AvgIpc) is 2.48. The van der Waals surface area contributed by atoms with E-state index in [1.54, 1.807) is 19.1 Å². The normalized spacial score (nSPS) is 10.3. The average molecular weight is 319 g/mol. The molecule has 1 amide bonds. The Kier molecular flexibility index (Phi) is 4.37. The largest absolute Gasteiger partial charge is 0.495 e. The number of ketones is 1. The molecule has 0 aromatic heterocycles. The third kappa shape index (κ3) is 2.76. The Morgan fingerprint density at radius 3 is 2.32 bits per heavy atom. The second kappa shape index (κ2) is 6.07. The molecule has 4 N–H and O–H groups in total. The molecule has 22 heavy (non-hydrogen) atoms. The minimum absolute atomic E-state index is 0.204. The molecule has 0 fully saturated rings. The number of hydrogen-bond donors (Lipinski definition) is 2. The molecule has 0 spiro atoms. The van der Waals surface area contributed by atoms with Crippen LogP contribution < -0.4 is 16.2 Å². The van der Waals surface area contributed by atoms with Crippen LogP contribution in [0.25, 0.3) is 0 Å². The zero-order chi connectivity index (χ0) is 16.4. The molecule has 2 rings (SSSR count). The second-order valence-corrected chi connectivity index (χ2v) is 5.13. The topological polar surface area (TPSA) is 95.4 Å². The number of anilines is 1. The van der Waals surface area contributed by atoms with Crippen molar-refractivity contribution in [2.45, 2.75) is 6.92 Å². The van der Waals surface area contributed by atoms with Gasteiger partial charge in [0.1, 0.15) is 5.75 Å². The highest BCUT2D eigenvalue weighted by atomic mass is 35.5. The molecule has 114 valence electrons. The Morgan fingerprint density at radius 2 is 1.77 bits per heavy atom. The summed E-state index contributed by atoms with van der Waals surface area (Å²) in [5.74, 6) is -0.395. The summed E-state index contributed by atoms with van der Waals surface area (Å²) in [6.07, 6.45) is 0. The molecular formula is C16H15ClN2O3. The number of amides is 1. The summed E-state index contributed by atoms with van der Waals surface area (Å²) in [5, 5.41) is 0.204. The summed E-state index contributed by atoms with van der Waals surface area (Å²) < 4.78 is 5.06. The van der Waals surface area contributed by atoms with Gasteiger partial charge in [0.05, 0.1) is 17.8 Å². The molecular weight excluding hydrogens is 304 g/mol. The minimum atomic E-state index is -0.591. The molecule has 0 saturated heterocycles. The Balaban J connectivity index is 2.48. The van der Waals surface area contributed by atoms with Gasteiger partial charge in [0, 0.05) is 16.7 Å². The SMILES string of the molecule is COc1ccc(C(=O)c2ccc(C(N)=O)c(C)c2Cl)cc1N. The number of nitrogens with two attached hydrogens (primary N) is 2. The Bertz CT molecular complexity index is 772. The van der Waals surface area contributed by atoms with Gasteiger partial charge >= 0.3 is 0 Å². The fourth-order valence-corrected chi connectivity index (χ4v) is 2.41. The van der Waals surface area contributed by atoms with Gasteiger partial charge in [0.15, 0.2) is 5.78 Å². The summed E-state index contributed by atoms with van der Waals surface area (Å²) in [4.78, 5) is 23.8. The number of rotatable bonds is 4. The summed E-state index contributed by atoms with van der Waals surface area (Å²) >= 11 is 6.20. The monoisotopic (exact) mass is 318 g/mol. The van der Waals surface area contributed by atoms with Gasteiger partial charge in [0.2, 0.25) is 5.91 Å². The quantitative estimate of drug-likeness (QED) is 0.669. The number of primary amides is 1. The molecule has 2 aromatic carbocycles. The van der Waals surface area contributed by atoms with Crippen LogP contribution in [0.3, 0.4) is 0 Å². The van der Waals surface area contributed by atoms with E-state index in [0.29, 0.717) is 22.6 Å². The molecule has 5 nitrogen and oxygen atoms in total. The van der Waals surface area contributed by atoms with Crippen molar-refractivity contribution in [1.82, 2.24) is 0 Å². The van der Waals surface area contributed by atoms with Crippen molar-refractivity contribution in [2.24, 2.45) is 5.73 Å². The lowest BCUT2D eigenvalue weighted by Gasteiger charge is -2.11. The lowest BCUT2D eigenvalue weighted by atomic mass is 9.98. The maximum Gasteiger partial charge on any atom is 0.249 e. The Labute approximate surface area is 132 Å². The van der Waals surface area contributed by atoms with Crippen LogP contribution in [-0.2, 0) is 0 Å².